The molecule has 142 valence electrons. The highest BCUT2D eigenvalue weighted by Crippen LogP contribution is 2.32. The Balaban J connectivity index is 1.53. The van der Waals surface area contributed by atoms with E-state index in [9.17, 15) is 9.59 Å². The van der Waals surface area contributed by atoms with Gasteiger partial charge >= 0.3 is 5.97 Å². The number of hydrogen-bond acceptors (Lipinski definition) is 5. The smallest absolute Gasteiger partial charge is 0.314 e. The lowest BCUT2D eigenvalue weighted by Crippen LogP contribution is -2.36. The predicted molar refractivity (Wildman–Crippen MR) is 99.4 cm³/mol. The Hall–Kier alpha value is -3.02. The number of hydrogen-bond donors (Lipinski definition) is 1. The van der Waals surface area contributed by atoms with Gasteiger partial charge in [0.2, 0.25) is 6.79 Å². The molecule has 0 saturated heterocycles. The van der Waals surface area contributed by atoms with Crippen LogP contribution in [0.1, 0.15) is 37.3 Å². The molecule has 0 spiro atoms. The largest absolute Gasteiger partial charge is 0.454 e. The molecule has 0 bridgehead atoms. The first-order chi connectivity index (χ1) is 13.1. The summed E-state index contributed by atoms with van der Waals surface area (Å²) in [4.78, 5) is 24.7. The van der Waals surface area contributed by atoms with Crippen molar-refractivity contribution in [1.29, 1.82) is 0 Å². The molecule has 1 heterocycles. The van der Waals surface area contributed by atoms with Crippen molar-refractivity contribution in [2.45, 2.75) is 38.8 Å². The zero-order valence-electron chi connectivity index (χ0n) is 15.4. The van der Waals surface area contributed by atoms with Gasteiger partial charge in [0, 0.05) is 6.54 Å². The van der Waals surface area contributed by atoms with Gasteiger partial charge < -0.3 is 19.5 Å². The molecule has 1 N–H and O–H groups in total. The zero-order valence-corrected chi connectivity index (χ0v) is 15.4. The first-order valence-electron chi connectivity index (χ1n) is 9.00. The summed E-state index contributed by atoms with van der Waals surface area (Å²) in [6.07, 6.45) is -0.266. The molecule has 0 saturated carbocycles. The van der Waals surface area contributed by atoms with Gasteiger partial charge in [-0.1, -0.05) is 43.3 Å². The van der Waals surface area contributed by atoms with Gasteiger partial charge in [-0.15, -0.1) is 0 Å². The Labute approximate surface area is 158 Å². The van der Waals surface area contributed by atoms with Crippen LogP contribution in [0.3, 0.4) is 0 Å². The van der Waals surface area contributed by atoms with Crippen LogP contribution < -0.4 is 14.8 Å². The van der Waals surface area contributed by atoms with E-state index < -0.39 is 12.1 Å². The molecule has 2 aromatic carbocycles. The molecule has 0 aromatic heterocycles. The third-order valence-electron chi connectivity index (χ3n) is 4.46. The van der Waals surface area contributed by atoms with Crippen molar-refractivity contribution >= 4 is 11.9 Å². The van der Waals surface area contributed by atoms with E-state index in [0.29, 0.717) is 24.5 Å². The minimum absolute atomic E-state index is 0.206. The third-order valence-corrected chi connectivity index (χ3v) is 4.46. The topological polar surface area (TPSA) is 73.9 Å². The molecule has 27 heavy (non-hydrogen) atoms. The fourth-order valence-corrected chi connectivity index (χ4v) is 2.92. The maximum absolute atomic E-state index is 12.5. The van der Waals surface area contributed by atoms with E-state index in [1.165, 1.54) is 0 Å². The summed E-state index contributed by atoms with van der Waals surface area (Å²) in [5.41, 5.74) is 1.76. The Morgan fingerprint density at radius 3 is 2.59 bits per heavy atom. The summed E-state index contributed by atoms with van der Waals surface area (Å²) < 4.78 is 16.0. The normalized spacial score (nSPS) is 14.3. The first-order valence-corrected chi connectivity index (χ1v) is 9.00. The van der Waals surface area contributed by atoms with Crippen molar-refractivity contribution in [3.05, 3.63) is 59.7 Å². The van der Waals surface area contributed by atoms with Crippen LogP contribution in [0.25, 0.3) is 0 Å². The van der Waals surface area contributed by atoms with E-state index in [2.05, 4.69) is 5.32 Å². The van der Waals surface area contributed by atoms with Crippen LogP contribution >= 0.6 is 0 Å². The second-order valence-electron chi connectivity index (χ2n) is 6.36. The van der Waals surface area contributed by atoms with Crippen molar-refractivity contribution < 1.29 is 23.8 Å². The monoisotopic (exact) mass is 369 g/mol. The van der Waals surface area contributed by atoms with Crippen LogP contribution in [0.5, 0.6) is 11.5 Å². The number of fused-ring (bicyclic) bond motifs is 1. The summed E-state index contributed by atoms with van der Waals surface area (Å²) in [6.45, 7) is 4.01. The van der Waals surface area contributed by atoms with E-state index in [0.717, 1.165) is 11.1 Å². The highest BCUT2D eigenvalue weighted by molar-refractivity contribution is 5.85. The Kier molecular flexibility index (Phi) is 5.96. The van der Waals surface area contributed by atoms with E-state index in [1.807, 2.05) is 49.4 Å². The standard InChI is InChI=1S/C21H23NO5/c1-3-17(16-7-5-4-6-8-16)21(24)27-14(2)20(23)22-12-15-9-10-18-19(11-15)26-13-25-18/h4-11,14,17H,3,12-13H2,1-2H3,(H,22,23). The van der Waals surface area contributed by atoms with Crippen molar-refractivity contribution in [1.82, 2.24) is 5.32 Å². The molecule has 6 nitrogen and oxygen atoms in total. The van der Waals surface area contributed by atoms with Gasteiger partial charge in [-0.25, -0.2) is 0 Å². The van der Waals surface area contributed by atoms with Gasteiger partial charge in [-0.05, 0) is 36.6 Å². The summed E-state index contributed by atoms with van der Waals surface area (Å²) in [6, 6.07) is 14.9. The van der Waals surface area contributed by atoms with Gasteiger partial charge in [0.25, 0.3) is 5.91 Å². The Morgan fingerprint density at radius 2 is 1.85 bits per heavy atom. The van der Waals surface area contributed by atoms with E-state index in [-0.39, 0.29) is 18.6 Å². The number of rotatable bonds is 7. The fourth-order valence-electron chi connectivity index (χ4n) is 2.92. The molecule has 2 atom stereocenters. The summed E-state index contributed by atoms with van der Waals surface area (Å²) in [5, 5.41) is 2.78. The molecule has 3 rings (SSSR count). The molecule has 0 fully saturated rings. The van der Waals surface area contributed by atoms with Crippen LogP contribution in [0, 0.1) is 0 Å². The summed E-state index contributed by atoms with van der Waals surface area (Å²) >= 11 is 0. The Morgan fingerprint density at radius 1 is 1.11 bits per heavy atom. The van der Waals surface area contributed by atoms with Crippen LogP contribution in [0.15, 0.2) is 48.5 Å². The van der Waals surface area contributed by atoms with E-state index in [4.69, 9.17) is 14.2 Å². The van der Waals surface area contributed by atoms with Crippen molar-refractivity contribution in [3.8, 4) is 11.5 Å². The second kappa shape index (κ2) is 8.58. The number of ether oxygens (including phenoxy) is 3. The van der Waals surface area contributed by atoms with Crippen LogP contribution in [0.4, 0.5) is 0 Å². The highest BCUT2D eigenvalue weighted by Gasteiger charge is 2.25. The molecule has 1 aliphatic heterocycles. The molecular formula is C21H23NO5. The molecule has 1 amide bonds. The second-order valence-corrected chi connectivity index (χ2v) is 6.36. The number of esters is 1. The number of carbonyl (C=O) groups excluding carboxylic acids is 2. The van der Waals surface area contributed by atoms with Crippen molar-refractivity contribution in [2.75, 3.05) is 6.79 Å². The molecule has 1 aliphatic rings. The SMILES string of the molecule is CCC(C(=O)OC(C)C(=O)NCc1ccc2c(c1)OCO2)c1ccccc1. The predicted octanol–water partition coefficient (Wildman–Crippen LogP) is 3.16. The zero-order chi connectivity index (χ0) is 19.2. The van der Waals surface area contributed by atoms with Gasteiger partial charge in [-0.2, -0.15) is 0 Å². The maximum atomic E-state index is 12.5. The Bertz CT molecular complexity index is 805. The molecule has 2 unspecified atom stereocenters. The minimum Gasteiger partial charge on any atom is -0.454 e. The average molecular weight is 369 g/mol. The average Bonchev–Trinajstić information content (AvgIpc) is 3.15. The van der Waals surface area contributed by atoms with Crippen molar-refractivity contribution in [3.63, 3.8) is 0 Å². The molecular weight excluding hydrogens is 346 g/mol. The maximum Gasteiger partial charge on any atom is 0.314 e. The number of benzene rings is 2. The molecule has 0 aliphatic carbocycles. The fraction of sp³-hybridized carbons (Fsp3) is 0.333. The van der Waals surface area contributed by atoms with Gasteiger partial charge in [0.15, 0.2) is 17.6 Å². The lowest BCUT2D eigenvalue weighted by molar-refractivity contribution is -0.156. The van der Waals surface area contributed by atoms with Crippen LogP contribution in [-0.4, -0.2) is 24.8 Å². The molecule has 6 heteroatoms. The van der Waals surface area contributed by atoms with Crippen molar-refractivity contribution in [2.24, 2.45) is 0 Å². The lowest BCUT2D eigenvalue weighted by atomic mass is 9.97. The number of nitrogens with one attached hydrogen (secondary N) is 1. The highest BCUT2D eigenvalue weighted by atomic mass is 16.7. The van der Waals surface area contributed by atoms with Crippen LogP contribution in [-0.2, 0) is 20.9 Å². The van der Waals surface area contributed by atoms with Gasteiger partial charge in [0.05, 0.1) is 5.92 Å². The van der Waals surface area contributed by atoms with Crippen LogP contribution in [0.2, 0.25) is 0 Å². The van der Waals surface area contributed by atoms with Gasteiger partial charge in [0.1, 0.15) is 0 Å². The lowest BCUT2D eigenvalue weighted by Gasteiger charge is -2.18. The number of carbonyl (C=O) groups is 2. The minimum atomic E-state index is -0.871. The summed E-state index contributed by atoms with van der Waals surface area (Å²) in [5.74, 6) is 0.238. The molecule has 0 radical (unpaired) electrons. The summed E-state index contributed by atoms with van der Waals surface area (Å²) in [7, 11) is 0. The molecule has 2 aromatic rings. The quantitative estimate of drug-likeness (QED) is 0.759. The third kappa shape index (κ3) is 4.58. The van der Waals surface area contributed by atoms with E-state index in [1.54, 1.807) is 13.0 Å². The first kappa shape index (κ1) is 18.8. The van der Waals surface area contributed by atoms with E-state index >= 15 is 0 Å². The van der Waals surface area contributed by atoms with Gasteiger partial charge in [-0.3, -0.25) is 9.59 Å². The number of amides is 1.